The summed E-state index contributed by atoms with van der Waals surface area (Å²) in [6.07, 6.45) is -0.755. The molecule has 10 heteroatoms. The molecule has 0 fully saturated rings. The van der Waals surface area contributed by atoms with Crippen molar-refractivity contribution in [2.45, 2.75) is 26.4 Å². The number of rotatable bonds is 5. The summed E-state index contributed by atoms with van der Waals surface area (Å²) in [6.45, 7) is 5.11. The maximum Gasteiger partial charge on any atom is 0.412 e. The Morgan fingerprint density at radius 2 is 1.64 bits per heavy atom. The summed E-state index contributed by atoms with van der Waals surface area (Å²) in [5.41, 5.74) is -0.146. The van der Waals surface area contributed by atoms with Crippen molar-refractivity contribution in [3.63, 3.8) is 0 Å². The number of amides is 3. The zero-order valence-electron chi connectivity index (χ0n) is 18.0. The number of hydrogen-bond donors (Lipinski definition) is 3. The van der Waals surface area contributed by atoms with Crippen LogP contribution in [0.2, 0.25) is 5.02 Å². The summed E-state index contributed by atoms with van der Waals surface area (Å²) < 4.78 is 19.0. The molecule has 2 aromatic carbocycles. The highest BCUT2D eigenvalue weighted by atomic mass is 35.5. The molecular weight excluding hydrogens is 469 g/mol. The quantitative estimate of drug-likeness (QED) is 0.386. The Morgan fingerprint density at radius 1 is 0.909 bits per heavy atom. The highest BCUT2D eigenvalue weighted by Crippen LogP contribution is 2.27. The summed E-state index contributed by atoms with van der Waals surface area (Å²) in [7, 11) is 0. The smallest absolute Gasteiger partial charge is 0.412 e. The molecule has 1 heterocycles. The first-order valence-electron chi connectivity index (χ1n) is 9.77. The lowest BCUT2D eigenvalue weighted by Crippen LogP contribution is -2.27. The molecule has 3 amide bonds. The second kappa shape index (κ2) is 10.0. The van der Waals surface area contributed by atoms with E-state index in [9.17, 15) is 18.8 Å². The fourth-order valence-corrected chi connectivity index (χ4v) is 3.47. The molecule has 3 aromatic rings. The second-order valence-electron chi connectivity index (χ2n) is 7.90. The summed E-state index contributed by atoms with van der Waals surface area (Å²) >= 11 is 7.43. The molecule has 0 saturated carbocycles. The van der Waals surface area contributed by atoms with Crippen LogP contribution in [-0.2, 0) is 4.74 Å². The Balaban J connectivity index is 1.79. The van der Waals surface area contributed by atoms with Gasteiger partial charge in [0.05, 0.1) is 27.0 Å². The van der Waals surface area contributed by atoms with E-state index in [-0.39, 0.29) is 33.6 Å². The highest BCUT2D eigenvalue weighted by molar-refractivity contribution is 7.12. The van der Waals surface area contributed by atoms with Crippen molar-refractivity contribution < 1.29 is 23.5 Å². The average Bonchev–Trinajstić information content (AvgIpc) is 3.25. The minimum absolute atomic E-state index is 0.0324. The van der Waals surface area contributed by atoms with Crippen molar-refractivity contribution in [2.24, 2.45) is 0 Å². The molecule has 0 aliphatic heterocycles. The molecule has 1 aromatic heterocycles. The minimum atomic E-state index is -0.755. The zero-order chi connectivity index (χ0) is 24.2. The molecule has 0 radical (unpaired) electrons. The molecule has 7 nitrogen and oxygen atoms in total. The Morgan fingerprint density at radius 3 is 2.30 bits per heavy atom. The molecule has 0 spiro atoms. The van der Waals surface area contributed by atoms with E-state index in [0.29, 0.717) is 4.88 Å². The molecule has 3 N–H and O–H groups in total. The molecule has 0 aliphatic rings. The van der Waals surface area contributed by atoms with Crippen LogP contribution in [0, 0.1) is 5.82 Å². The molecule has 0 bridgehead atoms. The lowest BCUT2D eigenvalue weighted by Gasteiger charge is -2.20. The number of carbonyl (C=O) groups is 3. The van der Waals surface area contributed by atoms with Crippen molar-refractivity contribution in [1.82, 2.24) is 0 Å². The Hall–Kier alpha value is -3.43. The molecule has 0 unspecified atom stereocenters. The van der Waals surface area contributed by atoms with E-state index in [1.54, 1.807) is 38.3 Å². The summed E-state index contributed by atoms with van der Waals surface area (Å²) in [5, 5.41) is 9.73. The van der Waals surface area contributed by atoms with E-state index >= 15 is 0 Å². The first kappa shape index (κ1) is 24.2. The molecular formula is C23H21ClFN3O4S. The third-order valence-corrected chi connectivity index (χ3v) is 5.29. The van der Waals surface area contributed by atoms with Gasteiger partial charge in [-0.25, -0.2) is 9.18 Å². The van der Waals surface area contributed by atoms with Crippen LogP contribution in [0.5, 0.6) is 0 Å². The number of nitrogens with one attached hydrogen (secondary N) is 3. The van der Waals surface area contributed by atoms with Crippen LogP contribution in [0.25, 0.3) is 0 Å². The van der Waals surface area contributed by atoms with E-state index in [1.165, 1.54) is 35.6 Å². The molecule has 0 atom stereocenters. The van der Waals surface area contributed by atoms with Gasteiger partial charge in [-0.05, 0) is 68.6 Å². The van der Waals surface area contributed by atoms with Crippen LogP contribution in [0.3, 0.4) is 0 Å². The highest BCUT2D eigenvalue weighted by Gasteiger charge is 2.19. The van der Waals surface area contributed by atoms with Gasteiger partial charge in [0.25, 0.3) is 11.8 Å². The number of ether oxygens (including phenoxy) is 1. The van der Waals surface area contributed by atoms with Gasteiger partial charge in [-0.15, -0.1) is 11.3 Å². The zero-order valence-corrected chi connectivity index (χ0v) is 19.6. The Bertz CT molecular complexity index is 1190. The fraction of sp³-hybridized carbons (Fsp3) is 0.174. The lowest BCUT2D eigenvalue weighted by molar-refractivity contribution is 0.0635. The van der Waals surface area contributed by atoms with E-state index in [2.05, 4.69) is 16.0 Å². The van der Waals surface area contributed by atoms with E-state index in [0.717, 1.165) is 12.1 Å². The first-order chi connectivity index (χ1) is 15.5. The molecule has 3 rings (SSSR count). The SMILES string of the molecule is CC(C)(C)OC(=O)Nc1ccc(F)cc1NC(=O)c1ccc(Cl)c(NC(=O)c2cccs2)c1. The van der Waals surface area contributed by atoms with Crippen molar-refractivity contribution in [1.29, 1.82) is 0 Å². The number of thiophene rings is 1. The van der Waals surface area contributed by atoms with Gasteiger partial charge in [0, 0.05) is 5.56 Å². The van der Waals surface area contributed by atoms with Crippen molar-refractivity contribution >= 4 is 57.9 Å². The average molecular weight is 490 g/mol. The van der Waals surface area contributed by atoms with Gasteiger partial charge in [0.1, 0.15) is 11.4 Å². The third-order valence-electron chi connectivity index (χ3n) is 4.09. The van der Waals surface area contributed by atoms with Crippen LogP contribution >= 0.6 is 22.9 Å². The van der Waals surface area contributed by atoms with Gasteiger partial charge >= 0.3 is 6.09 Å². The Labute approximate surface area is 198 Å². The van der Waals surface area contributed by atoms with Crippen LogP contribution < -0.4 is 16.0 Å². The van der Waals surface area contributed by atoms with Crippen molar-refractivity contribution in [3.8, 4) is 0 Å². The van der Waals surface area contributed by atoms with Gasteiger partial charge in [-0.2, -0.15) is 0 Å². The van der Waals surface area contributed by atoms with Crippen LogP contribution in [0.4, 0.5) is 26.2 Å². The van der Waals surface area contributed by atoms with Crippen molar-refractivity contribution in [3.05, 3.63) is 75.2 Å². The molecule has 172 valence electrons. The molecule has 0 aliphatic carbocycles. The van der Waals surface area contributed by atoms with Crippen LogP contribution in [-0.4, -0.2) is 23.5 Å². The summed E-state index contributed by atoms with van der Waals surface area (Å²) in [5.74, 6) is -1.57. The minimum Gasteiger partial charge on any atom is -0.444 e. The lowest BCUT2D eigenvalue weighted by atomic mass is 10.1. The fourth-order valence-electron chi connectivity index (χ4n) is 2.69. The standard InChI is InChI=1S/C23H21ClFN3O4S/c1-23(2,3)32-22(31)28-16-9-7-14(25)12-18(16)27-20(29)13-6-8-15(24)17(11-13)26-21(30)19-5-4-10-33-19/h4-12H,1-3H3,(H,26,30)(H,27,29)(H,28,31). The number of halogens is 2. The third kappa shape index (κ3) is 6.77. The van der Waals surface area contributed by atoms with Gasteiger partial charge in [0.15, 0.2) is 0 Å². The van der Waals surface area contributed by atoms with E-state index in [1.807, 2.05) is 0 Å². The number of benzene rings is 2. The predicted molar refractivity (Wildman–Crippen MR) is 128 cm³/mol. The van der Waals surface area contributed by atoms with E-state index in [4.69, 9.17) is 16.3 Å². The number of hydrogen-bond acceptors (Lipinski definition) is 5. The van der Waals surface area contributed by atoms with Gasteiger partial charge in [0.2, 0.25) is 0 Å². The predicted octanol–water partition coefficient (Wildman–Crippen LogP) is 6.39. The number of carbonyl (C=O) groups excluding carboxylic acids is 3. The summed E-state index contributed by atoms with van der Waals surface area (Å²) in [4.78, 5) is 37.8. The van der Waals surface area contributed by atoms with Crippen LogP contribution in [0.15, 0.2) is 53.9 Å². The first-order valence-corrected chi connectivity index (χ1v) is 11.0. The maximum absolute atomic E-state index is 13.8. The van der Waals surface area contributed by atoms with Crippen molar-refractivity contribution in [2.75, 3.05) is 16.0 Å². The van der Waals surface area contributed by atoms with Gasteiger partial charge in [-0.1, -0.05) is 17.7 Å². The second-order valence-corrected chi connectivity index (χ2v) is 9.25. The van der Waals surface area contributed by atoms with Crippen LogP contribution in [0.1, 0.15) is 40.8 Å². The number of anilines is 3. The van der Waals surface area contributed by atoms with E-state index < -0.39 is 23.4 Å². The normalized spacial score (nSPS) is 10.9. The maximum atomic E-state index is 13.8. The van der Waals surface area contributed by atoms with Gasteiger partial charge < -0.3 is 15.4 Å². The largest absolute Gasteiger partial charge is 0.444 e. The van der Waals surface area contributed by atoms with Gasteiger partial charge in [-0.3, -0.25) is 14.9 Å². The topological polar surface area (TPSA) is 96.5 Å². The Kier molecular flexibility index (Phi) is 7.35. The molecule has 33 heavy (non-hydrogen) atoms. The summed E-state index contributed by atoms with van der Waals surface area (Å²) in [6, 6.07) is 11.3. The molecule has 0 saturated heterocycles. The monoisotopic (exact) mass is 489 g/mol.